The molecule has 0 saturated heterocycles. The highest BCUT2D eigenvalue weighted by molar-refractivity contribution is 7.58. The van der Waals surface area contributed by atoms with Gasteiger partial charge in [0.1, 0.15) is 0 Å². The van der Waals surface area contributed by atoms with Gasteiger partial charge in [0.05, 0.1) is 0 Å². The third kappa shape index (κ3) is 3.15. The largest absolute Gasteiger partial charge is 0.289 e. The van der Waals surface area contributed by atoms with Crippen molar-refractivity contribution in [1.29, 1.82) is 0 Å². The maximum Gasteiger partial charge on any atom is 0.181 e. The van der Waals surface area contributed by atoms with Crippen LogP contribution >= 0.6 is 8.58 Å². The Morgan fingerprint density at radius 3 is 2.44 bits per heavy atom. The zero-order chi connectivity index (χ0) is 12.1. The Kier molecular flexibility index (Phi) is 5.15. The molecule has 0 fully saturated rings. The molecule has 1 rings (SSSR count). The topological polar surface area (TPSA) is 17.1 Å². The van der Waals surface area contributed by atoms with Crippen molar-refractivity contribution in [2.75, 3.05) is 6.16 Å². The molecule has 1 unspecified atom stereocenters. The maximum absolute atomic E-state index is 12.1. The first-order chi connectivity index (χ1) is 7.57. The van der Waals surface area contributed by atoms with Crippen LogP contribution in [0.2, 0.25) is 0 Å². The molecular formula is C14H21OP. The van der Waals surface area contributed by atoms with Gasteiger partial charge in [-0.05, 0) is 58.6 Å². The third-order valence-electron chi connectivity index (χ3n) is 2.99. The second-order valence-corrected chi connectivity index (χ2v) is 5.62. The summed E-state index contributed by atoms with van der Waals surface area (Å²) in [7, 11) is 0.440. The van der Waals surface area contributed by atoms with Crippen LogP contribution in [0.3, 0.4) is 0 Å². The zero-order valence-corrected chi connectivity index (χ0v) is 11.7. The van der Waals surface area contributed by atoms with Gasteiger partial charge < -0.3 is 0 Å². The van der Waals surface area contributed by atoms with E-state index in [4.69, 9.17) is 0 Å². The summed E-state index contributed by atoms with van der Waals surface area (Å²) in [6.07, 6.45) is 3.38. The van der Waals surface area contributed by atoms with E-state index >= 15 is 0 Å². The molecule has 1 aromatic carbocycles. The van der Waals surface area contributed by atoms with Gasteiger partial charge in [-0.2, -0.15) is 0 Å². The average molecular weight is 236 g/mol. The molecule has 88 valence electrons. The first-order valence-electron chi connectivity index (χ1n) is 5.93. The van der Waals surface area contributed by atoms with Gasteiger partial charge in [-0.15, -0.1) is 0 Å². The molecule has 0 aliphatic carbocycles. The van der Waals surface area contributed by atoms with Gasteiger partial charge in [0.15, 0.2) is 5.52 Å². The summed E-state index contributed by atoms with van der Waals surface area (Å²) in [5.41, 5.74) is 4.81. The summed E-state index contributed by atoms with van der Waals surface area (Å²) in [6.45, 7) is 8.32. The summed E-state index contributed by atoms with van der Waals surface area (Å²) in [6, 6.07) is 4.15. The summed E-state index contributed by atoms with van der Waals surface area (Å²) in [4.78, 5) is 12.1. The Hall–Kier alpha value is -0.680. The first kappa shape index (κ1) is 13.4. The molecule has 2 heteroatoms. The van der Waals surface area contributed by atoms with Crippen LogP contribution in [0.15, 0.2) is 12.1 Å². The molecule has 1 atom stereocenters. The molecule has 0 spiro atoms. The van der Waals surface area contributed by atoms with Crippen LogP contribution < -0.4 is 0 Å². The first-order valence-corrected chi connectivity index (χ1v) is 7.13. The van der Waals surface area contributed by atoms with Crippen LogP contribution in [0.1, 0.15) is 46.8 Å². The van der Waals surface area contributed by atoms with Gasteiger partial charge in [0, 0.05) is 5.56 Å². The smallest absolute Gasteiger partial charge is 0.181 e. The van der Waals surface area contributed by atoms with Crippen LogP contribution in [-0.4, -0.2) is 11.7 Å². The number of aryl methyl sites for hydroxylation is 2. The molecule has 1 nitrogen and oxygen atoms in total. The molecule has 0 saturated carbocycles. The Labute approximate surface area is 100 Å². The van der Waals surface area contributed by atoms with Crippen LogP contribution in [0.4, 0.5) is 0 Å². The number of rotatable bonds is 5. The maximum atomic E-state index is 12.1. The lowest BCUT2D eigenvalue weighted by Gasteiger charge is -2.11. The fourth-order valence-corrected chi connectivity index (χ4v) is 3.09. The summed E-state index contributed by atoms with van der Waals surface area (Å²) < 4.78 is 0. The summed E-state index contributed by atoms with van der Waals surface area (Å²) in [5, 5.41) is 0. The van der Waals surface area contributed by atoms with Gasteiger partial charge in [0.25, 0.3) is 0 Å². The van der Waals surface area contributed by atoms with E-state index in [0.717, 1.165) is 29.3 Å². The van der Waals surface area contributed by atoms with Crippen LogP contribution in [0.25, 0.3) is 0 Å². The van der Waals surface area contributed by atoms with E-state index in [1.165, 1.54) is 12.0 Å². The molecule has 0 radical (unpaired) electrons. The normalized spacial score (nSPS) is 11.2. The standard InChI is InChI=1S/C14H21OP/c1-5-6-9-16-14(15)13-11(3)8-7-10(2)12(13)4/h7-8,16H,5-6,9H2,1-4H3. The summed E-state index contributed by atoms with van der Waals surface area (Å²) in [5.74, 6) is 0. The van der Waals surface area contributed by atoms with Gasteiger partial charge in [-0.25, -0.2) is 0 Å². The predicted octanol–water partition coefficient (Wildman–Crippen LogP) is 4.23. The van der Waals surface area contributed by atoms with Crippen molar-refractivity contribution in [3.05, 3.63) is 34.4 Å². The van der Waals surface area contributed by atoms with Crippen molar-refractivity contribution in [2.45, 2.75) is 40.5 Å². The van der Waals surface area contributed by atoms with Crippen molar-refractivity contribution >= 4 is 14.1 Å². The van der Waals surface area contributed by atoms with Crippen LogP contribution in [-0.2, 0) is 0 Å². The number of unbranched alkanes of at least 4 members (excludes halogenated alkanes) is 1. The second kappa shape index (κ2) is 6.15. The minimum Gasteiger partial charge on any atom is -0.289 e. The lowest BCUT2D eigenvalue weighted by molar-refractivity contribution is 0.108. The summed E-state index contributed by atoms with van der Waals surface area (Å²) >= 11 is 0. The fourth-order valence-electron chi connectivity index (χ4n) is 1.77. The lowest BCUT2D eigenvalue weighted by Crippen LogP contribution is -2.01. The predicted molar refractivity (Wildman–Crippen MR) is 73.1 cm³/mol. The number of carbonyl (C=O) groups is 1. The monoisotopic (exact) mass is 236 g/mol. The number of hydrogen-bond acceptors (Lipinski definition) is 1. The van der Waals surface area contributed by atoms with Crippen molar-refractivity contribution in [3.63, 3.8) is 0 Å². The van der Waals surface area contributed by atoms with E-state index in [2.05, 4.69) is 32.9 Å². The van der Waals surface area contributed by atoms with E-state index in [0.29, 0.717) is 14.1 Å². The molecular weight excluding hydrogens is 215 g/mol. The lowest BCUT2D eigenvalue weighted by atomic mass is 9.99. The molecule has 1 aromatic rings. The van der Waals surface area contributed by atoms with Crippen molar-refractivity contribution in [2.24, 2.45) is 0 Å². The minimum absolute atomic E-state index is 0.340. The number of carbonyl (C=O) groups excluding carboxylic acids is 1. The Morgan fingerprint density at radius 1 is 1.19 bits per heavy atom. The minimum atomic E-state index is 0.340. The quantitative estimate of drug-likeness (QED) is 0.552. The van der Waals surface area contributed by atoms with E-state index in [1.807, 2.05) is 6.92 Å². The zero-order valence-electron chi connectivity index (χ0n) is 10.7. The molecule has 0 aliphatic rings. The molecule has 16 heavy (non-hydrogen) atoms. The van der Waals surface area contributed by atoms with E-state index < -0.39 is 0 Å². The molecule has 0 aliphatic heterocycles. The number of hydrogen-bond donors (Lipinski definition) is 0. The number of benzene rings is 1. The van der Waals surface area contributed by atoms with Gasteiger partial charge in [0.2, 0.25) is 0 Å². The van der Waals surface area contributed by atoms with Crippen LogP contribution in [0.5, 0.6) is 0 Å². The molecule has 0 bridgehead atoms. The SMILES string of the molecule is CCCCPC(=O)c1c(C)ccc(C)c1C. The second-order valence-electron chi connectivity index (χ2n) is 4.31. The van der Waals surface area contributed by atoms with Crippen LogP contribution in [0, 0.1) is 20.8 Å². The van der Waals surface area contributed by atoms with Crippen molar-refractivity contribution in [1.82, 2.24) is 0 Å². The molecule has 0 aromatic heterocycles. The fraction of sp³-hybridized carbons (Fsp3) is 0.500. The molecule has 0 heterocycles. The van der Waals surface area contributed by atoms with E-state index in [9.17, 15) is 4.79 Å². The molecule has 0 amide bonds. The van der Waals surface area contributed by atoms with Gasteiger partial charge in [-0.1, -0.05) is 25.5 Å². The van der Waals surface area contributed by atoms with Gasteiger partial charge in [-0.3, -0.25) is 4.79 Å². The van der Waals surface area contributed by atoms with Crippen molar-refractivity contribution < 1.29 is 4.79 Å². The third-order valence-corrected chi connectivity index (χ3v) is 4.16. The Morgan fingerprint density at radius 2 is 1.81 bits per heavy atom. The van der Waals surface area contributed by atoms with E-state index in [1.54, 1.807) is 0 Å². The highest BCUT2D eigenvalue weighted by atomic mass is 31.1. The average Bonchev–Trinajstić information content (AvgIpc) is 2.24. The Bertz CT molecular complexity index is 383. The highest BCUT2D eigenvalue weighted by Crippen LogP contribution is 2.26. The Balaban J connectivity index is 2.86. The highest BCUT2D eigenvalue weighted by Gasteiger charge is 2.12. The van der Waals surface area contributed by atoms with E-state index in [-0.39, 0.29) is 0 Å². The molecule has 0 N–H and O–H groups in total. The van der Waals surface area contributed by atoms with Gasteiger partial charge >= 0.3 is 0 Å². The van der Waals surface area contributed by atoms with Crippen molar-refractivity contribution in [3.8, 4) is 0 Å².